The molecule has 0 saturated carbocycles. The van der Waals surface area contributed by atoms with Crippen LogP contribution in [0.25, 0.3) is 0 Å². The van der Waals surface area contributed by atoms with Gasteiger partial charge in [-0.1, -0.05) is 13.8 Å². The van der Waals surface area contributed by atoms with E-state index in [9.17, 15) is 0 Å². The summed E-state index contributed by atoms with van der Waals surface area (Å²) in [7, 11) is 0. The lowest BCUT2D eigenvalue weighted by Gasteiger charge is -1.07. The molecule has 0 radical (unpaired) electrons. The van der Waals surface area contributed by atoms with Crippen LogP contribution in [0.1, 0.15) is 13.8 Å². The third-order valence-corrected chi connectivity index (χ3v) is 0. The van der Waals surface area contributed by atoms with E-state index < -0.39 is 0 Å². The lowest BCUT2D eigenvalue weighted by Crippen LogP contribution is -0.856. The van der Waals surface area contributed by atoms with Crippen LogP contribution in [-0.2, 0) is 0 Å². The molecule has 0 saturated heterocycles. The Bertz CT molecular complexity index is 6.00. The Labute approximate surface area is 34.4 Å². The molecule has 0 unspecified atom stereocenters. The lowest BCUT2D eigenvalue weighted by atomic mass is 11.0. The highest BCUT2D eigenvalue weighted by Gasteiger charge is 0.932. The second-order valence-electron chi connectivity index (χ2n) is 0. The maximum Gasteiger partial charge on any atom is -0.0683 e. The highest BCUT2D eigenvalue weighted by atomic mass is 32.1. The highest BCUT2D eigenvalue weighted by Crippen LogP contribution is 1.14. The van der Waals surface area contributed by atoms with Crippen molar-refractivity contribution in [2.24, 2.45) is 0 Å². The van der Waals surface area contributed by atoms with E-state index in [1.165, 1.54) is 0 Å². The summed E-state index contributed by atoms with van der Waals surface area (Å²) in [5.41, 5.74) is 0. The maximum atomic E-state index is 2.00. The van der Waals surface area contributed by atoms with Crippen LogP contribution >= 0.6 is 13.5 Å². The van der Waals surface area contributed by atoms with Crippen molar-refractivity contribution >= 4 is 13.5 Å². The lowest BCUT2D eigenvalue weighted by molar-refractivity contribution is 1.50. The van der Waals surface area contributed by atoms with Gasteiger partial charge in [0.1, 0.15) is 0 Å². The average molecular weight is 81.2 g/mol. The van der Waals surface area contributed by atoms with E-state index in [-0.39, 0.29) is 19.6 Å². The molecular weight excluding hydrogens is 70.1 g/mol. The third kappa shape index (κ3) is 41.3. The summed E-state index contributed by atoms with van der Waals surface area (Å²) >= 11 is 0. The molecule has 4 heavy (non-hydrogen) atoms. The topological polar surface area (TPSA) is 35.0 Å². The summed E-state index contributed by atoms with van der Waals surface area (Å²) in [6, 6.07) is 0. The van der Waals surface area contributed by atoms with Crippen molar-refractivity contribution < 1.29 is 0 Å². The van der Waals surface area contributed by atoms with Crippen molar-refractivity contribution in [3.8, 4) is 0 Å². The Morgan fingerprint density at radius 3 is 1.00 bits per heavy atom. The van der Waals surface area contributed by atoms with Crippen molar-refractivity contribution in [3.05, 3.63) is 0 Å². The van der Waals surface area contributed by atoms with Crippen molar-refractivity contribution in [1.29, 1.82) is 0 Å². The average Bonchev–Trinajstić information content (AvgIpc) is 1.00. The van der Waals surface area contributed by atoms with Crippen LogP contribution in [0.5, 0.6) is 0 Å². The van der Waals surface area contributed by atoms with Crippen LogP contribution in [0.4, 0.5) is 0 Å². The first-order valence-corrected chi connectivity index (χ1v) is 1.00. The zero-order valence-electron chi connectivity index (χ0n) is 3.21. The summed E-state index contributed by atoms with van der Waals surface area (Å²) < 4.78 is 0. The molecule has 0 fully saturated rings. The number of hydrogen-bond acceptors (Lipinski definition) is 1. The van der Waals surface area contributed by atoms with Gasteiger partial charge < -0.3 is 6.15 Å². The smallest absolute Gasteiger partial charge is 0.0683 e. The Kier molecular flexibility index (Phi) is 1260. The van der Waals surface area contributed by atoms with Crippen LogP contribution in [0.3, 0.4) is 0 Å². The molecule has 0 rings (SSSR count). The molecule has 0 heterocycles. The van der Waals surface area contributed by atoms with Crippen LogP contribution in [0.2, 0.25) is 0 Å². The first-order chi connectivity index (χ1) is 1.00. The first-order valence-electron chi connectivity index (χ1n) is 1.00. The quantitative estimate of drug-likeness (QED) is 0.468. The van der Waals surface area contributed by atoms with Crippen molar-refractivity contribution in [2.45, 2.75) is 13.8 Å². The van der Waals surface area contributed by atoms with Gasteiger partial charge in [-0.25, -0.2) is 0 Å². The zero-order chi connectivity index (χ0) is 2.00. The molecule has 0 aliphatic carbocycles. The molecule has 0 aromatic carbocycles. The van der Waals surface area contributed by atoms with Crippen molar-refractivity contribution in [3.63, 3.8) is 0 Å². The van der Waals surface area contributed by atoms with E-state index in [0.29, 0.717) is 0 Å². The van der Waals surface area contributed by atoms with Gasteiger partial charge >= 0.3 is 0 Å². The van der Waals surface area contributed by atoms with E-state index in [0.717, 1.165) is 0 Å². The molecule has 1 nitrogen and oxygen atoms in total. The van der Waals surface area contributed by atoms with Crippen LogP contribution in [0.15, 0.2) is 0 Å². The summed E-state index contributed by atoms with van der Waals surface area (Å²) in [5.74, 6) is 0. The van der Waals surface area contributed by atoms with Gasteiger partial charge in [-0.3, -0.25) is 0 Å². The van der Waals surface area contributed by atoms with Gasteiger partial charge in [-0.05, 0) is 0 Å². The summed E-state index contributed by atoms with van der Waals surface area (Å²) in [6.45, 7) is 4.00. The second-order valence-corrected chi connectivity index (χ2v) is 0. The van der Waals surface area contributed by atoms with Gasteiger partial charge in [-0.2, -0.15) is 13.5 Å². The molecule has 0 aromatic heterocycles. The van der Waals surface area contributed by atoms with E-state index in [1.54, 1.807) is 0 Å². The number of hydrogen-bond donors (Lipinski definition) is 1. The largest absolute Gasteiger partial charge is 0.344 e. The van der Waals surface area contributed by atoms with E-state index >= 15 is 0 Å². The van der Waals surface area contributed by atoms with Gasteiger partial charge in [-0.15, -0.1) is 0 Å². The molecule has 0 aliphatic rings. The fourth-order valence-corrected chi connectivity index (χ4v) is 0. The predicted molar refractivity (Wildman–Crippen MR) is 26.8 cm³/mol. The molecule has 2 heteroatoms. The van der Waals surface area contributed by atoms with Crippen molar-refractivity contribution in [2.75, 3.05) is 0 Å². The minimum atomic E-state index is 0. The zero-order valence-corrected chi connectivity index (χ0v) is 4.21. The van der Waals surface area contributed by atoms with Crippen LogP contribution in [-0.4, -0.2) is 0 Å². The van der Waals surface area contributed by atoms with Gasteiger partial charge in [0.2, 0.25) is 0 Å². The molecular formula is C2H11NS. The van der Waals surface area contributed by atoms with E-state index in [1.807, 2.05) is 13.8 Å². The van der Waals surface area contributed by atoms with Gasteiger partial charge in [0.05, 0.1) is 0 Å². The van der Waals surface area contributed by atoms with E-state index in [2.05, 4.69) is 0 Å². The Hall–Kier alpha value is 0.310. The minimum Gasteiger partial charge on any atom is -0.344 e. The molecule has 0 amide bonds. The number of rotatable bonds is 0. The molecule has 30 valence electrons. The fourth-order valence-electron chi connectivity index (χ4n) is 0. The summed E-state index contributed by atoms with van der Waals surface area (Å²) in [5, 5.41) is 0. The minimum absolute atomic E-state index is 0. The van der Waals surface area contributed by atoms with Crippen LogP contribution in [0, 0.1) is 0 Å². The molecule has 0 aliphatic heterocycles. The molecule has 0 bridgehead atoms. The molecule has 0 atom stereocenters. The Balaban J connectivity index is -0.00000000500. The standard InChI is InChI=1S/C2H6.H3N.H2S/c1-2;;/h1-2H3;1H3;1H2. The monoisotopic (exact) mass is 81.1 g/mol. The van der Waals surface area contributed by atoms with Gasteiger partial charge in [0.25, 0.3) is 0 Å². The normalized spacial score (nSPS) is 1.50. The van der Waals surface area contributed by atoms with E-state index in [4.69, 9.17) is 0 Å². The Morgan fingerprint density at radius 1 is 1.00 bits per heavy atom. The van der Waals surface area contributed by atoms with Crippen molar-refractivity contribution in [1.82, 2.24) is 6.15 Å². The third-order valence-electron chi connectivity index (χ3n) is 0. The molecule has 3 N–H and O–H groups in total. The van der Waals surface area contributed by atoms with Gasteiger partial charge in [0, 0.05) is 0 Å². The van der Waals surface area contributed by atoms with Crippen LogP contribution < -0.4 is 6.15 Å². The molecule has 0 aromatic rings. The first kappa shape index (κ1) is 27.5. The van der Waals surface area contributed by atoms with Gasteiger partial charge in [0.15, 0.2) is 0 Å². The summed E-state index contributed by atoms with van der Waals surface area (Å²) in [4.78, 5) is 0. The second kappa shape index (κ2) is 184. The fraction of sp³-hybridized carbons (Fsp3) is 1.00. The Morgan fingerprint density at radius 2 is 1.00 bits per heavy atom. The SMILES string of the molecule is CC.N.S. The maximum absolute atomic E-state index is 2.00. The highest BCUT2D eigenvalue weighted by molar-refractivity contribution is 7.59. The summed E-state index contributed by atoms with van der Waals surface area (Å²) in [6.07, 6.45) is 0. The molecule has 0 spiro atoms. The predicted octanol–water partition coefficient (Wildman–Crippen LogP) is 1.30.